The van der Waals surface area contributed by atoms with Crippen molar-refractivity contribution in [1.82, 2.24) is 24.3 Å². The van der Waals surface area contributed by atoms with Gasteiger partial charge in [0.05, 0.1) is 30.6 Å². The van der Waals surface area contributed by atoms with Crippen LogP contribution in [0.25, 0.3) is 21.9 Å². The number of fused-ring (bicyclic) bond motifs is 5. The number of nitrogens with zero attached hydrogens (tertiary/aromatic N) is 4. The molecular weight excluding hydrogens is 434 g/mol. The number of aryl methyl sites for hydroxylation is 1. The zero-order chi connectivity index (χ0) is 23.6. The van der Waals surface area contributed by atoms with Gasteiger partial charge in [0.1, 0.15) is 11.3 Å². The lowest BCUT2D eigenvalue weighted by molar-refractivity contribution is -0.149. The number of carbonyl (C=O) groups is 3. The maximum Gasteiger partial charge on any atom is 0.308 e. The summed E-state index contributed by atoms with van der Waals surface area (Å²) in [5, 5.41) is 1.95. The number of carbonyl (C=O) groups excluding carboxylic acids is 3. The zero-order valence-electron chi connectivity index (χ0n) is 19.5. The Bertz CT molecular complexity index is 1300. The maximum absolute atomic E-state index is 13.5. The molecule has 3 aliphatic rings. The van der Waals surface area contributed by atoms with Gasteiger partial charge >= 0.3 is 5.97 Å². The second-order valence-corrected chi connectivity index (χ2v) is 9.95. The van der Waals surface area contributed by atoms with Crippen LogP contribution in [0.1, 0.15) is 42.6 Å². The minimum absolute atomic E-state index is 0.0144. The number of nitrogens with one attached hydrogen (secondary N) is 1. The number of aromatic amines is 1. The van der Waals surface area contributed by atoms with Crippen molar-refractivity contribution >= 4 is 39.7 Å². The first-order chi connectivity index (χ1) is 16.5. The molecule has 0 spiro atoms. The zero-order valence-corrected chi connectivity index (χ0v) is 19.5. The van der Waals surface area contributed by atoms with Crippen molar-refractivity contribution in [1.29, 1.82) is 0 Å². The van der Waals surface area contributed by atoms with Crippen molar-refractivity contribution in [3.05, 3.63) is 30.2 Å². The van der Waals surface area contributed by atoms with E-state index in [1.807, 2.05) is 39.7 Å². The van der Waals surface area contributed by atoms with Crippen LogP contribution in [0.3, 0.4) is 0 Å². The molecule has 178 valence electrons. The van der Waals surface area contributed by atoms with E-state index in [0.29, 0.717) is 31.6 Å². The van der Waals surface area contributed by atoms with Gasteiger partial charge in [-0.1, -0.05) is 0 Å². The molecule has 2 amide bonds. The molecule has 5 heterocycles. The third-order valence-corrected chi connectivity index (χ3v) is 8.19. The Labute approximate surface area is 197 Å². The van der Waals surface area contributed by atoms with Crippen LogP contribution in [-0.4, -0.2) is 74.4 Å². The van der Waals surface area contributed by atoms with Gasteiger partial charge in [-0.25, -0.2) is 4.98 Å². The highest BCUT2D eigenvalue weighted by Gasteiger charge is 2.49. The molecule has 2 saturated heterocycles. The largest absolute Gasteiger partial charge is 0.469 e. The van der Waals surface area contributed by atoms with Gasteiger partial charge in [-0.15, -0.1) is 0 Å². The van der Waals surface area contributed by atoms with Crippen molar-refractivity contribution in [2.24, 2.45) is 18.9 Å². The van der Waals surface area contributed by atoms with Gasteiger partial charge in [0.2, 0.25) is 5.91 Å². The van der Waals surface area contributed by atoms with E-state index < -0.39 is 0 Å². The van der Waals surface area contributed by atoms with E-state index in [2.05, 4.69) is 9.97 Å². The maximum atomic E-state index is 13.5. The summed E-state index contributed by atoms with van der Waals surface area (Å²) >= 11 is 0. The Morgan fingerprint density at radius 2 is 1.76 bits per heavy atom. The predicted octanol–water partition coefficient (Wildman–Crippen LogP) is 2.46. The molecular formula is C25H29N5O4. The lowest BCUT2D eigenvalue weighted by Crippen LogP contribution is -2.52. The average Bonchev–Trinajstić information content (AvgIpc) is 3.65. The van der Waals surface area contributed by atoms with Gasteiger partial charge in [-0.3, -0.25) is 14.4 Å². The van der Waals surface area contributed by atoms with Crippen LogP contribution < -0.4 is 0 Å². The molecule has 9 nitrogen and oxygen atoms in total. The molecule has 1 aliphatic carbocycles. The number of amides is 2. The fourth-order valence-corrected chi connectivity index (χ4v) is 6.37. The van der Waals surface area contributed by atoms with Gasteiger partial charge < -0.3 is 24.1 Å². The fourth-order valence-electron chi connectivity index (χ4n) is 6.37. The first-order valence-corrected chi connectivity index (χ1v) is 12.1. The lowest BCUT2D eigenvalue weighted by Gasteiger charge is -2.37. The molecule has 6 rings (SSSR count). The van der Waals surface area contributed by atoms with Crippen molar-refractivity contribution in [3.8, 4) is 0 Å². The van der Waals surface area contributed by atoms with Gasteiger partial charge in [0.15, 0.2) is 0 Å². The number of piperazine rings is 1. The predicted molar refractivity (Wildman–Crippen MR) is 125 cm³/mol. The van der Waals surface area contributed by atoms with Crippen LogP contribution in [-0.2, 0) is 21.4 Å². The normalized spacial score (nSPS) is 26.5. The van der Waals surface area contributed by atoms with Crippen LogP contribution in [0.2, 0.25) is 0 Å². The Morgan fingerprint density at radius 1 is 1.06 bits per heavy atom. The van der Waals surface area contributed by atoms with Crippen molar-refractivity contribution in [2.75, 3.05) is 20.2 Å². The first kappa shape index (κ1) is 21.2. The molecule has 3 aromatic heterocycles. The summed E-state index contributed by atoms with van der Waals surface area (Å²) in [6.07, 6.45) is 7.37. The highest BCUT2D eigenvalue weighted by molar-refractivity contribution is 6.07. The van der Waals surface area contributed by atoms with Gasteiger partial charge in [-0.05, 0) is 44.2 Å². The second-order valence-electron chi connectivity index (χ2n) is 9.95. The number of ether oxygens (including phenoxy) is 1. The number of aromatic nitrogens is 3. The summed E-state index contributed by atoms with van der Waals surface area (Å²) in [6, 6.07) is 4.04. The SMILES string of the molecule is COC(=O)C1CCC(C(=O)N2C[C@@H]3C[C@H]2CN3C(=O)c2cc3cnc4[nH]ccc4c3n2C)CC1. The van der Waals surface area contributed by atoms with E-state index >= 15 is 0 Å². The van der Waals surface area contributed by atoms with Crippen LogP contribution in [0, 0.1) is 11.8 Å². The van der Waals surface area contributed by atoms with E-state index in [9.17, 15) is 14.4 Å². The number of methoxy groups -OCH3 is 1. The standard InChI is InChI=1S/C25H29N5O4/c1-28-20(9-16-11-27-22-19(21(16)28)7-8-26-22)24(32)30-13-17-10-18(30)12-29(17)23(31)14-3-5-15(6-4-14)25(33)34-2/h7-9,11,14-15,17-18H,3-6,10,12-13H2,1-2H3,(H,26,27)/t14?,15?,17-,18-/m0/s1. The number of hydrogen-bond acceptors (Lipinski definition) is 5. The molecule has 0 unspecified atom stereocenters. The molecule has 2 bridgehead atoms. The van der Waals surface area contributed by atoms with Crippen LogP contribution >= 0.6 is 0 Å². The highest BCUT2D eigenvalue weighted by atomic mass is 16.5. The van der Waals surface area contributed by atoms with E-state index in [4.69, 9.17) is 4.74 Å². The number of esters is 1. The lowest BCUT2D eigenvalue weighted by atomic mass is 9.81. The molecule has 1 saturated carbocycles. The van der Waals surface area contributed by atoms with Gasteiger partial charge in [0.25, 0.3) is 5.91 Å². The van der Waals surface area contributed by atoms with E-state index in [1.54, 1.807) is 6.20 Å². The molecule has 3 aromatic rings. The smallest absolute Gasteiger partial charge is 0.308 e. The third kappa shape index (κ3) is 3.13. The minimum Gasteiger partial charge on any atom is -0.469 e. The molecule has 1 N–H and O–H groups in total. The summed E-state index contributed by atoms with van der Waals surface area (Å²) in [4.78, 5) is 50.1. The topological polar surface area (TPSA) is 101 Å². The quantitative estimate of drug-likeness (QED) is 0.602. The number of pyridine rings is 1. The summed E-state index contributed by atoms with van der Waals surface area (Å²) < 4.78 is 6.82. The van der Waals surface area contributed by atoms with Gasteiger partial charge in [-0.2, -0.15) is 0 Å². The highest BCUT2D eigenvalue weighted by Crippen LogP contribution is 2.37. The molecule has 2 atom stereocenters. The average molecular weight is 464 g/mol. The second kappa shape index (κ2) is 7.85. The number of likely N-dealkylation sites (tertiary alicyclic amines) is 2. The summed E-state index contributed by atoms with van der Waals surface area (Å²) in [6.45, 7) is 1.17. The molecule has 3 fully saturated rings. The van der Waals surface area contributed by atoms with Crippen LogP contribution in [0.15, 0.2) is 24.5 Å². The third-order valence-electron chi connectivity index (χ3n) is 8.19. The summed E-state index contributed by atoms with van der Waals surface area (Å²) in [7, 11) is 3.35. The Kier molecular flexibility index (Phi) is 4.89. The molecule has 0 radical (unpaired) electrons. The summed E-state index contributed by atoms with van der Waals surface area (Å²) in [5.41, 5.74) is 2.46. The van der Waals surface area contributed by atoms with E-state index in [-0.39, 0.29) is 41.7 Å². The molecule has 2 aliphatic heterocycles. The van der Waals surface area contributed by atoms with Crippen LogP contribution in [0.4, 0.5) is 0 Å². The van der Waals surface area contributed by atoms with E-state index in [0.717, 1.165) is 41.2 Å². The fraction of sp³-hybridized carbons (Fsp3) is 0.520. The Morgan fingerprint density at radius 3 is 2.47 bits per heavy atom. The van der Waals surface area contributed by atoms with Crippen molar-refractivity contribution in [3.63, 3.8) is 0 Å². The number of rotatable bonds is 3. The molecule has 0 aromatic carbocycles. The first-order valence-electron chi connectivity index (χ1n) is 12.1. The minimum atomic E-state index is -0.165. The monoisotopic (exact) mass is 463 g/mol. The molecule has 34 heavy (non-hydrogen) atoms. The number of H-pyrrole nitrogens is 1. The Balaban J connectivity index is 1.15. The van der Waals surface area contributed by atoms with E-state index in [1.165, 1.54) is 7.11 Å². The van der Waals surface area contributed by atoms with Crippen LogP contribution in [0.5, 0.6) is 0 Å². The summed E-state index contributed by atoms with van der Waals surface area (Å²) in [5.74, 6) is -0.0739. The van der Waals surface area contributed by atoms with Crippen molar-refractivity contribution < 1.29 is 19.1 Å². The van der Waals surface area contributed by atoms with Gasteiger partial charge in [0, 0.05) is 49.2 Å². The number of hydrogen-bond donors (Lipinski definition) is 1. The van der Waals surface area contributed by atoms with Crippen molar-refractivity contribution in [2.45, 2.75) is 44.2 Å². The Hall–Kier alpha value is -3.36. The molecule has 9 heteroatoms.